The fourth-order valence-corrected chi connectivity index (χ4v) is 1.88. The Bertz CT molecular complexity index is 678. The Kier molecular flexibility index (Phi) is 4.61. The van der Waals surface area contributed by atoms with E-state index in [4.69, 9.17) is 0 Å². The summed E-state index contributed by atoms with van der Waals surface area (Å²) in [6.45, 7) is 1.60. The molecule has 0 saturated heterocycles. The van der Waals surface area contributed by atoms with Crippen LogP contribution in [0.15, 0.2) is 47.5 Å². The van der Waals surface area contributed by atoms with Gasteiger partial charge in [-0.1, -0.05) is 24.3 Å². The lowest BCUT2D eigenvalue weighted by Gasteiger charge is -2.15. The van der Waals surface area contributed by atoms with E-state index in [1.54, 1.807) is 6.92 Å². The molecule has 1 unspecified atom stereocenters. The third-order valence-electron chi connectivity index (χ3n) is 3.07. The second-order valence-corrected chi connectivity index (χ2v) is 4.80. The molecule has 0 aromatic heterocycles. The zero-order valence-corrected chi connectivity index (χ0v) is 11.6. The highest BCUT2D eigenvalue weighted by molar-refractivity contribution is 5.82. The lowest BCUT2D eigenvalue weighted by Crippen LogP contribution is -2.20. The summed E-state index contributed by atoms with van der Waals surface area (Å²) in [6, 6.07) is 9.48. The van der Waals surface area contributed by atoms with Crippen LogP contribution in [0.2, 0.25) is 0 Å². The molecule has 2 aromatic rings. The van der Waals surface area contributed by atoms with Crippen molar-refractivity contribution in [1.29, 1.82) is 0 Å². The normalized spacial score (nSPS) is 13.5. The number of benzene rings is 2. The van der Waals surface area contributed by atoms with Gasteiger partial charge < -0.3 is 5.11 Å². The van der Waals surface area contributed by atoms with Crippen LogP contribution < -0.4 is 0 Å². The van der Waals surface area contributed by atoms with E-state index in [-0.39, 0.29) is 11.4 Å². The lowest BCUT2D eigenvalue weighted by molar-refractivity contribution is -0.206. The Morgan fingerprint density at radius 3 is 2.27 bits per heavy atom. The molecule has 0 fully saturated rings. The topological polar surface area (TPSA) is 32.6 Å². The van der Waals surface area contributed by atoms with Gasteiger partial charge in [-0.2, -0.15) is 13.2 Å². The molecular weight excluding hydrogens is 298 g/mol. The largest absolute Gasteiger partial charge is 0.418 e. The fourth-order valence-electron chi connectivity index (χ4n) is 1.88. The monoisotopic (exact) mass is 311 g/mol. The van der Waals surface area contributed by atoms with Gasteiger partial charge in [-0.05, 0) is 41.8 Å². The number of halogens is 4. The van der Waals surface area contributed by atoms with Gasteiger partial charge in [-0.3, -0.25) is 4.99 Å². The van der Waals surface area contributed by atoms with E-state index in [0.717, 1.165) is 0 Å². The Hall–Kier alpha value is -2.21. The molecule has 0 amide bonds. The maximum absolute atomic E-state index is 12.8. The van der Waals surface area contributed by atoms with Gasteiger partial charge in [0.1, 0.15) is 5.82 Å². The van der Waals surface area contributed by atoms with E-state index in [9.17, 15) is 22.7 Å². The minimum Gasteiger partial charge on any atom is -0.379 e. The van der Waals surface area contributed by atoms with Gasteiger partial charge >= 0.3 is 6.18 Å². The first kappa shape index (κ1) is 16.2. The molecule has 0 spiro atoms. The van der Waals surface area contributed by atoms with Crippen molar-refractivity contribution in [2.24, 2.45) is 4.99 Å². The molecule has 0 heterocycles. The summed E-state index contributed by atoms with van der Waals surface area (Å²) >= 11 is 0. The molecule has 2 aromatic carbocycles. The molecule has 2 rings (SSSR count). The molecule has 0 aliphatic heterocycles. The molecule has 1 N–H and O–H groups in total. The van der Waals surface area contributed by atoms with Gasteiger partial charge in [-0.15, -0.1) is 0 Å². The SMILES string of the molecule is Cc1cc(C(O)C(F)(F)F)ccc1/N=C\c1ccc(F)cc1. The second kappa shape index (κ2) is 6.27. The quantitative estimate of drug-likeness (QED) is 0.658. The minimum absolute atomic E-state index is 0.231. The van der Waals surface area contributed by atoms with Crippen molar-refractivity contribution in [3.05, 3.63) is 65.0 Å². The summed E-state index contributed by atoms with van der Waals surface area (Å²) in [5, 5.41) is 9.21. The van der Waals surface area contributed by atoms with E-state index < -0.39 is 12.3 Å². The first-order valence-electron chi connectivity index (χ1n) is 6.42. The van der Waals surface area contributed by atoms with Crippen molar-refractivity contribution < 1.29 is 22.7 Å². The van der Waals surface area contributed by atoms with E-state index in [0.29, 0.717) is 16.8 Å². The van der Waals surface area contributed by atoms with Crippen LogP contribution in [0, 0.1) is 12.7 Å². The average molecular weight is 311 g/mol. The predicted molar refractivity (Wildman–Crippen MR) is 75.8 cm³/mol. The van der Waals surface area contributed by atoms with Gasteiger partial charge in [-0.25, -0.2) is 4.39 Å². The standard InChI is InChI=1S/C16H13F4NO/c1-10-8-12(15(22)16(18,19)20)4-7-14(10)21-9-11-2-5-13(17)6-3-11/h2-9,15,22H,1H3/b21-9-. The van der Waals surface area contributed by atoms with Crippen LogP contribution in [0.25, 0.3) is 0 Å². The first-order chi connectivity index (χ1) is 10.3. The molecule has 1 atom stereocenters. The van der Waals surface area contributed by atoms with Crippen molar-refractivity contribution in [1.82, 2.24) is 0 Å². The van der Waals surface area contributed by atoms with Crippen molar-refractivity contribution in [2.75, 3.05) is 0 Å². The van der Waals surface area contributed by atoms with Crippen LogP contribution in [0.5, 0.6) is 0 Å². The molecule has 0 bridgehead atoms. The van der Waals surface area contributed by atoms with Crippen LogP contribution in [0.3, 0.4) is 0 Å². The highest BCUT2D eigenvalue weighted by atomic mass is 19.4. The van der Waals surface area contributed by atoms with E-state index in [1.165, 1.54) is 48.7 Å². The summed E-state index contributed by atoms with van der Waals surface area (Å²) in [5.41, 5.74) is 1.41. The van der Waals surface area contributed by atoms with Gasteiger partial charge in [0.05, 0.1) is 5.69 Å². The second-order valence-electron chi connectivity index (χ2n) is 4.80. The number of nitrogens with zero attached hydrogens (tertiary/aromatic N) is 1. The molecule has 22 heavy (non-hydrogen) atoms. The molecule has 0 saturated carbocycles. The number of aliphatic imine (C=N–C) groups is 1. The van der Waals surface area contributed by atoms with E-state index in [1.807, 2.05) is 0 Å². The molecule has 2 nitrogen and oxygen atoms in total. The summed E-state index contributed by atoms with van der Waals surface area (Å²) in [6.07, 6.45) is -5.73. The number of alkyl halides is 3. The van der Waals surface area contributed by atoms with Crippen molar-refractivity contribution in [2.45, 2.75) is 19.2 Å². The number of hydrogen-bond donors (Lipinski definition) is 1. The van der Waals surface area contributed by atoms with Gasteiger partial charge in [0.2, 0.25) is 0 Å². The summed E-state index contributed by atoms with van der Waals surface area (Å²) in [5.74, 6) is -0.362. The number of hydrogen-bond acceptors (Lipinski definition) is 2. The van der Waals surface area contributed by atoms with E-state index >= 15 is 0 Å². The fraction of sp³-hybridized carbons (Fsp3) is 0.188. The highest BCUT2D eigenvalue weighted by Crippen LogP contribution is 2.34. The van der Waals surface area contributed by atoms with Crippen molar-refractivity contribution >= 4 is 11.9 Å². The number of rotatable bonds is 3. The van der Waals surface area contributed by atoms with Crippen LogP contribution in [-0.2, 0) is 0 Å². The maximum atomic E-state index is 12.8. The predicted octanol–water partition coefficient (Wildman–Crippen LogP) is 4.48. The summed E-state index contributed by atoms with van der Waals surface area (Å²) < 4.78 is 50.1. The molecule has 0 aliphatic carbocycles. The molecular formula is C16H13F4NO. The number of aryl methyl sites for hydroxylation is 1. The highest BCUT2D eigenvalue weighted by Gasteiger charge is 2.39. The van der Waals surface area contributed by atoms with Crippen molar-refractivity contribution in [3.63, 3.8) is 0 Å². The third kappa shape index (κ3) is 3.92. The molecule has 6 heteroatoms. The van der Waals surface area contributed by atoms with Crippen LogP contribution in [0.1, 0.15) is 22.8 Å². The number of aliphatic hydroxyl groups excluding tert-OH is 1. The van der Waals surface area contributed by atoms with Gasteiger partial charge in [0.25, 0.3) is 0 Å². The van der Waals surface area contributed by atoms with Crippen LogP contribution in [-0.4, -0.2) is 17.5 Å². The zero-order valence-electron chi connectivity index (χ0n) is 11.6. The molecule has 0 aliphatic rings. The zero-order chi connectivity index (χ0) is 16.3. The summed E-state index contributed by atoms with van der Waals surface area (Å²) in [7, 11) is 0. The molecule has 116 valence electrons. The Morgan fingerprint density at radius 1 is 1.09 bits per heavy atom. The third-order valence-corrected chi connectivity index (χ3v) is 3.07. The Balaban J connectivity index is 2.21. The number of aliphatic hydroxyl groups is 1. The van der Waals surface area contributed by atoms with E-state index in [2.05, 4.69) is 4.99 Å². The lowest BCUT2D eigenvalue weighted by atomic mass is 10.0. The van der Waals surface area contributed by atoms with Crippen LogP contribution >= 0.6 is 0 Å². The molecule has 0 radical (unpaired) electrons. The Morgan fingerprint density at radius 2 is 1.73 bits per heavy atom. The maximum Gasteiger partial charge on any atom is 0.418 e. The summed E-state index contributed by atoms with van der Waals surface area (Å²) in [4.78, 5) is 4.16. The van der Waals surface area contributed by atoms with Crippen molar-refractivity contribution in [3.8, 4) is 0 Å². The Labute approximate surface area is 124 Å². The smallest absolute Gasteiger partial charge is 0.379 e. The van der Waals surface area contributed by atoms with Gasteiger partial charge in [0.15, 0.2) is 6.10 Å². The van der Waals surface area contributed by atoms with Crippen LogP contribution in [0.4, 0.5) is 23.2 Å². The first-order valence-corrected chi connectivity index (χ1v) is 6.42. The minimum atomic E-state index is -4.70. The average Bonchev–Trinajstić information content (AvgIpc) is 2.46. The van der Waals surface area contributed by atoms with Gasteiger partial charge in [0, 0.05) is 6.21 Å².